The Balaban J connectivity index is 1.98. The molecule has 0 saturated heterocycles. The number of halogens is 1. The van der Waals surface area contributed by atoms with Crippen LogP contribution in [0, 0.1) is 12.8 Å². The van der Waals surface area contributed by atoms with Gasteiger partial charge in [-0.05, 0) is 59.5 Å². The topological polar surface area (TPSA) is 59.2 Å². The number of aryl methyl sites for hydroxylation is 1. The minimum atomic E-state index is -0.386. The van der Waals surface area contributed by atoms with E-state index in [2.05, 4.69) is 4.98 Å². The Morgan fingerprint density at radius 3 is 2.35 bits per heavy atom. The lowest BCUT2D eigenvalue weighted by molar-refractivity contribution is -0.137. The second kappa shape index (κ2) is 8.40. The zero-order valence-electron chi connectivity index (χ0n) is 17.5. The molecule has 0 amide bonds. The molecule has 31 heavy (non-hydrogen) atoms. The maximum Gasteiger partial charge on any atom is 0.313 e. The average Bonchev–Trinajstić information content (AvgIpc) is 2.75. The van der Waals surface area contributed by atoms with Gasteiger partial charge in [-0.3, -0.25) is 9.59 Å². The molecule has 0 aliphatic heterocycles. The highest BCUT2D eigenvalue weighted by atomic mass is 35.5. The fraction of sp³-hybridized carbons (Fsp3) is 0.154. The number of rotatable bonds is 4. The zero-order chi connectivity index (χ0) is 22.1. The number of carbonyl (C=O) groups excluding carboxylic acids is 1. The van der Waals surface area contributed by atoms with Crippen molar-refractivity contribution in [1.82, 2.24) is 4.98 Å². The molecular weight excluding hydrogens is 410 g/mol. The number of nitrogens with one attached hydrogen (secondary N) is 1. The summed E-state index contributed by atoms with van der Waals surface area (Å²) >= 11 is 6.03. The molecule has 0 saturated carbocycles. The number of hydrogen-bond acceptors (Lipinski definition) is 3. The van der Waals surface area contributed by atoms with Crippen molar-refractivity contribution in [1.29, 1.82) is 0 Å². The summed E-state index contributed by atoms with van der Waals surface area (Å²) in [6, 6.07) is 20.8. The van der Waals surface area contributed by atoms with Crippen LogP contribution < -0.4 is 10.3 Å². The maximum atomic E-state index is 13.2. The Labute approximate surface area is 185 Å². The smallest absolute Gasteiger partial charge is 0.313 e. The summed E-state index contributed by atoms with van der Waals surface area (Å²) in [5, 5.41) is 1.34. The highest BCUT2D eigenvalue weighted by Gasteiger charge is 2.21. The molecule has 1 N–H and O–H groups in total. The van der Waals surface area contributed by atoms with Crippen LogP contribution in [0.3, 0.4) is 0 Å². The van der Waals surface area contributed by atoms with Gasteiger partial charge in [-0.1, -0.05) is 61.8 Å². The summed E-state index contributed by atoms with van der Waals surface area (Å²) in [5.41, 5.74) is 4.19. The Hall–Kier alpha value is -3.37. The quantitative estimate of drug-likeness (QED) is 0.381. The molecule has 1 aromatic heterocycles. The van der Waals surface area contributed by atoms with Crippen LogP contribution in [0.5, 0.6) is 5.75 Å². The number of esters is 1. The third kappa shape index (κ3) is 4.12. The van der Waals surface area contributed by atoms with Crippen LogP contribution in [0.25, 0.3) is 33.2 Å². The lowest BCUT2D eigenvalue weighted by Gasteiger charge is -2.16. The summed E-state index contributed by atoms with van der Waals surface area (Å²) in [6.07, 6.45) is 0. The van der Waals surface area contributed by atoms with Gasteiger partial charge in [0.05, 0.1) is 17.0 Å². The predicted octanol–water partition coefficient (Wildman–Crippen LogP) is 6.39. The fourth-order valence-electron chi connectivity index (χ4n) is 3.50. The van der Waals surface area contributed by atoms with Crippen molar-refractivity contribution < 1.29 is 9.53 Å². The van der Waals surface area contributed by atoms with Crippen molar-refractivity contribution in [3.05, 3.63) is 87.7 Å². The first-order valence-electron chi connectivity index (χ1n) is 10.1. The molecule has 1 heterocycles. The van der Waals surface area contributed by atoms with Crippen molar-refractivity contribution in [3.63, 3.8) is 0 Å². The van der Waals surface area contributed by atoms with Crippen molar-refractivity contribution in [2.45, 2.75) is 20.8 Å². The molecule has 0 radical (unpaired) electrons. The summed E-state index contributed by atoms with van der Waals surface area (Å²) in [5.74, 6) is -0.426. The van der Waals surface area contributed by atoms with Crippen LogP contribution in [0.4, 0.5) is 0 Å². The molecular formula is C26H22ClNO3. The predicted molar refractivity (Wildman–Crippen MR) is 126 cm³/mol. The van der Waals surface area contributed by atoms with E-state index in [-0.39, 0.29) is 23.2 Å². The van der Waals surface area contributed by atoms with Crippen molar-refractivity contribution >= 4 is 28.5 Å². The second-order valence-corrected chi connectivity index (χ2v) is 8.25. The minimum Gasteiger partial charge on any atom is -0.425 e. The van der Waals surface area contributed by atoms with Crippen molar-refractivity contribution in [2.75, 3.05) is 0 Å². The van der Waals surface area contributed by atoms with Gasteiger partial charge >= 0.3 is 5.97 Å². The van der Waals surface area contributed by atoms with Crippen LogP contribution in [-0.4, -0.2) is 11.0 Å². The summed E-state index contributed by atoms with van der Waals surface area (Å²) in [7, 11) is 0. The lowest BCUT2D eigenvalue weighted by atomic mass is 9.94. The lowest BCUT2D eigenvalue weighted by Crippen LogP contribution is -2.19. The molecule has 5 heteroatoms. The van der Waals surface area contributed by atoms with Gasteiger partial charge in [0.15, 0.2) is 5.75 Å². The zero-order valence-corrected chi connectivity index (χ0v) is 18.3. The average molecular weight is 432 g/mol. The molecule has 0 bridgehead atoms. The third-order valence-corrected chi connectivity index (χ3v) is 5.48. The first-order chi connectivity index (χ1) is 14.8. The molecule has 0 unspecified atom stereocenters. The monoisotopic (exact) mass is 431 g/mol. The summed E-state index contributed by atoms with van der Waals surface area (Å²) < 4.78 is 5.80. The molecule has 4 rings (SSSR count). The molecule has 4 aromatic rings. The van der Waals surface area contributed by atoms with E-state index in [1.807, 2.05) is 67.6 Å². The molecule has 0 atom stereocenters. The Bertz CT molecular complexity index is 1340. The van der Waals surface area contributed by atoms with E-state index in [9.17, 15) is 9.59 Å². The second-order valence-electron chi connectivity index (χ2n) is 7.82. The summed E-state index contributed by atoms with van der Waals surface area (Å²) in [6.45, 7) is 5.47. The number of fused-ring (bicyclic) bond motifs is 1. The van der Waals surface area contributed by atoms with Crippen LogP contribution in [0.15, 0.2) is 71.5 Å². The van der Waals surface area contributed by atoms with E-state index >= 15 is 0 Å². The molecule has 156 valence electrons. The van der Waals surface area contributed by atoms with E-state index in [1.165, 1.54) is 0 Å². The SMILES string of the molecule is Cc1ccc(-c2ccc(Cl)cc2)cc1-c1c(OC(=O)C(C)C)c2ccccc2[nH]c1=O. The number of para-hydroxylation sites is 1. The van der Waals surface area contributed by atoms with Crippen molar-refractivity contribution in [2.24, 2.45) is 5.92 Å². The molecule has 0 aliphatic rings. The van der Waals surface area contributed by atoms with Crippen molar-refractivity contribution in [3.8, 4) is 28.0 Å². The number of aromatic nitrogens is 1. The van der Waals surface area contributed by atoms with E-state index in [0.717, 1.165) is 16.7 Å². The first-order valence-corrected chi connectivity index (χ1v) is 10.5. The molecule has 0 fully saturated rings. The number of aromatic amines is 1. The largest absolute Gasteiger partial charge is 0.425 e. The minimum absolute atomic E-state index is 0.286. The van der Waals surface area contributed by atoms with E-state index in [1.54, 1.807) is 19.9 Å². The van der Waals surface area contributed by atoms with Gasteiger partial charge < -0.3 is 9.72 Å². The number of pyridine rings is 1. The summed E-state index contributed by atoms with van der Waals surface area (Å²) in [4.78, 5) is 28.6. The van der Waals surface area contributed by atoms with Gasteiger partial charge in [0, 0.05) is 10.4 Å². The van der Waals surface area contributed by atoms with Crippen LogP contribution >= 0.6 is 11.6 Å². The van der Waals surface area contributed by atoms with Gasteiger partial charge in [-0.2, -0.15) is 0 Å². The first kappa shape index (κ1) is 20.9. The normalized spacial score (nSPS) is 11.1. The molecule has 3 aromatic carbocycles. The number of hydrogen-bond donors (Lipinski definition) is 1. The van der Waals surface area contributed by atoms with Crippen LogP contribution in [-0.2, 0) is 4.79 Å². The van der Waals surface area contributed by atoms with Gasteiger partial charge in [0.25, 0.3) is 5.56 Å². The molecule has 0 spiro atoms. The third-order valence-electron chi connectivity index (χ3n) is 5.23. The van der Waals surface area contributed by atoms with Crippen LogP contribution in [0.1, 0.15) is 19.4 Å². The Morgan fingerprint density at radius 1 is 0.968 bits per heavy atom. The fourth-order valence-corrected chi connectivity index (χ4v) is 3.62. The van der Waals surface area contributed by atoms with E-state index < -0.39 is 0 Å². The standard InChI is InChI=1S/C26H22ClNO3/c1-15(2)26(30)31-24-20-6-4-5-7-22(20)28-25(29)23(24)21-14-18(9-8-16(21)3)17-10-12-19(27)13-11-17/h4-15H,1-3H3,(H,28,29). The van der Waals surface area contributed by atoms with Crippen LogP contribution in [0.2, 0.25) is 5.02 Å². The van der Waals surface area contributed by atoms with Gasteiger partial charge in [-0.25, -0.2) is 0 Å². The van der Waals surface area contributed by atoms with E-state index in [4.69, 9.17) is 16.3 Å². The van der Waals surface area contributed by atoms with Gasteiger partial charge in [0.2, 0.25) is 0 Å². The van der Waals surface area contributed by atoms with Gasteiger partial charge in [-0.15, -0.1) is 0 Å². The number of carbonyl (C=O) groups is 1. The highest BCUT2D eigenvalue weighted by Crippen LogP contribution is 2.37. The Morgan fingerprint density at radius 2 is 1.65 bits per heavy atom. The van der Waals surface area contributed by atoms with E-state index in [0.29, 0.717) is 27.1 Å². The Kier molecular flexibility index (Phi) is 5.66. The number of ether oxygens (including phenoxy) is 1. The highest BCUT2D eigenvalue weighted by molar-refractivity contribution is 6.30. The number of benzene rings is 3. The number of H-pyrrole nitrogens is 1. The maximum absolute atomic E-state index is 13.2. The molecule has 0 aliphatic carbocycles. The van der Waals surface area contributed by atoms with Gasteiger partial charge in [0.1, 0.15) is 0 Å². The molecule has 4 nitrogen and oxygen atoms in total.